The molecule has 0 radical (unpaired) electrons. The van der Waals surface area contributed by atoms with Crippen molar-refractivity contribution in [1.29, 1.82) is 0 Å². The second-order valence-electron chi connectivity index (χ2n) is 7.83. The second-order valence-corrected chi connectivity index (χ2v) is 11.8. The molecule has 1 aliphatic rings. The third-order valence-corrected chi connectivity index (χ3v) is 9.17. The van der Waals surface area contributed by atoms with Gasteiger partial charge in [-0.05, 0) is 42.7 Å². The Balaban J connectivity index is 1.54. The van der Waals surface area contributed by atoms with Crippen LogP contribution in [0.4, 0.5) is 9.52 Å². The summed E-state index contributed by atoms with van der Waals surface area (Å²) < 4.78 is 45.0. The van der Waals surface area contributed by atoms with E-state index in [9.17, 15) is 17.6 Å². The molecule has 2 aromatic carbocycles. The summed E-state index contributed by atoms with van der Waals surface area (Å²) in [4.78, 5) is 22.9. The van der Waals surface area contributed by atoms with Gasteiger partial charge < -0.3 is 4.74 Å². The van der Waals surface area contributed by atoms with Crippen LogP contribution in [0.5, 0.6) is 0 Å². The number of anilines is 1. The molecule has 0 unspecified atom stereocenters. The lowest BCUT2D eigenvalue weighted by atomic mass is 10.3. The number of ether oxygens (including phenoxy) is 1. The summed E-state index contributed by atoms with van der Waals surface area (Å²) in [6.45, 7) is 3.94. The van der Waals surface area contributed by atoms with Crippen molar-refractivity contribution in [3.63, 3.8) is 0 Å². The maximum Gasteiger partial charge on any atom is 0.229 e. The van der Waals surface area contributed by atoms with Crippen LogP contribution in [-0.2, 0) is 19.4 Å². The lowest BCUT2D eigenvalue weighted by Crippen LogP contribution is -2.43. The summed E-state index contributed by atoms with van der Waals surface area (Å²) in [5.74, 6) is -1.17. The highest BCUT2D eigenvalue weighted by Crippen LogP contribution is 2.34. The Morgan fingerprint density at radius 3 is 2.65 bits per heavy atom. The van der Waals surface area contributed by atoms with Gasteiger partial charge in [0.25, 0.3) is 0 Å². The van der Waals surface area contributed by atoms with Crippen LogP contribution in [0.1, 0.15) is 6.42 Å². The number of para-hydroxylation sites is 1. The number of rotatable bonds is 9. The van der Waals surface area contributed by atoms with Crippen LogP contribution >= 0.6 is 23.1 Å². The van der Waals surface area contributed by atoms with Gasteiger partial charge in [0.2, 0.25) is 5.91 Å². The normalized spacial score (nSPS) is 15.0. The number of carbonyl (C=O) groups is 1. The molecule has 0 spiro atoms. The molecule has 34 heavy (non-hydrogen) atoms. The van der Waals surface area contributed by atoms with Crippen molar-refractivity contribution < 1.29 is 22.3 Å². The van der Waals surface area contributed by atoms with Crippen LogP contribution < -0.4 is 4.90 Å². The van der Waals surface area contributed by atoms with Gasteiger partial charge in [0.05, 0.1) is 34.1 Å². The smallest absolute Gasteiger partial charge is 0.229 e. The van der Waals surface area contributed by atoms with E-state index in [0.717, 1.165) is 40.3 Å². The van der Waals surface area contributed by atoms with Gasteiger partial charge in [0, 0.05) is 37.5 Å². The number of hydrogen-bond acceptors (Lipinski definition) is 8. The van der Waals surface area contributed by atoms with Gasteiger partial charge in [-0.3, -0.25) is 14.6 Å². The maximum atomic E-state index is 13.3. The molecular formula is C23H26FN3O4S3. The number of sulfone groups is 1. The number of fused-ring (bicyclic) bond motifs is 1. The highest BCUT2D eigenvalue weighted by molar-refractivity contribution is 7.98. The summed E-state index contributed by atoms with van der Waals surface area (Å²) in [7, 11) is -3.72. The number of carbonyl (C=O) groups excluding carboxylic acids is 1. The van der Waals surface area contributed by atoms with Crippen molar-refractivity contribution in [2.24, 2.45) is 0 Å². The number of amides is 1. The fraction of sp³-hybridized carbons (Fsp3) is 0.391. The van der Waals surface area contributed by atoms with E-state index in [0.29, 0.717) is 31.4 Å². The molecule has 0 aliphatic carbocycles. The maximum absolute atomic E-state index is 13.3. The molecule has 182 valence electrons. The highest BCUT2D eigenvalue weighted by Gasteiger charge is 2.24. The third kappa shape index (κ3) is 5.95. The van der Waals surface area contributed by atoms with Gasteiger partial charge in [0.15, 0.2) is 15.0 Å². The van der Waals surface area contributed by atoms with E-state index in [1.165, 1.54) is 23.5 Å². The number of morpholine rings is 1. The molecule has 2 heterocycles. The van der Waals surface area contributed by atoms with Crippen molar-refractivity contribution in [3.05, 3.63) is 48.3 Å². The van der Waals surface area contributed by atoms with Crippen LogP contribution in [0, 0.1) is 5.82 Å². The molecule has 1 amide bonds. The minimum absolute atomic E-state index is 0.00571. The van der Waals surface area contributed by atoms with Crippen LogP contribution in [-0.4, -0.2) is 75.6 Å². The topological polar surface area (TPSA) is 79.8 Å². The Hall–Kier alpha value is -2.05. The average Bonchev–Trinajstić information content (AvgIpc) is 3.28. The first kappa shape index (κ1) is 25.1. The Morgan fingerprint density at radius 2 is 1.94 bits per heavy atom. The number of benzene rings is 2. The van der Waals surface area contributed by atoms with Gasteiger partial charge in [0.1, 0.15) is 5.82 Å². The first-order valence-corrected chi connectivity index (χ1v) is 14.6. The molecule has 4 rings (SSSR count). The molecule has 0 N–H and O–H groups in total. The zero-order chi connectivity index (χ0) is 24.1. The Kier molecular flexibility index (Phi) is 8.20. The predicted molar refractivity (Wildman–Crippen MR) is 134 cm³/mol. The summed E-state index contributed by atoms with van der Waals surface area (Å²) in [6, 6.07) is 10.6. The molecule has 7 nitrogen and oxygen atoms in total. The molecule has 0 bridgehead atoms. The molecule has 1 aromatic heterocycles. The van der Waals surface area contributed by atoms with Gasteiger partial charge in [-0.15, -0.1) is 11.8 Å². The van der Waals surface area contributed by atoms with Gasteiger partial charge in [-0.1, -0.05) is 17.4 Å². The molecule has 1 aliphatic heterocycles. The molecule has 3 aromatic rings. The van der Waals surface area contributed by atoms with E-state index >= 15 is 0 Å². The molecule has 1 fully saturated rings. The van der Waals surface area contributed by atoms with E-state index in [2.05, 4.69) is 4.90 Å². The Labute approximate surface area is 206 Å². The highest BCUT2D eigenvalue weighted by atomic mass is 32.2. The molecule has 1 saturated heterocycles. The van der Waals surface area contributed by atoms with Crippen LogP contribution in [0.25, 0.3) is 10.2 Å². The minimum Gasteiger partial charge on any atom is -0.379 e. The fourth-order valence-corrected chi connectivity index (χ4v) is 6.60. The van der Waals surface area contributed by atoms with Gasteiger partial charge >= 0.3 is 0 Å². The lowest BCUT2D eigenvalue weighted by Gasteiger charge is -2.29. The Bertz CT molecular complexity index is 1240. The predicted octanol–water partition coefficient (Wildman–Crippen LogP) is 3.69. The van der Waals surface area contributed by atoms with Crippen molar-refractivity contribution in [3.8, 4) is 0 Å². The van der Waals surface area contributed by atoms with Crippen molar-refractivity contribution in [1.82, 2.24) is 9.88 Å². The summed E-state index contributed by atoms with van der Waals surface area (Å²) in [6.07, 6.45) is 1.80. The van der Waals surface area contributed by atoms with Gasteiger partial charge in [-0.25, -0.2) is 17.8 Å². The first-order valence-electron chi connectivity index (χ1n) is 10.9. The van der Waals surface area contributed by atoms with E-state index in [4.69, 9.17) is 9.72 Å². The number of aromatic nitrogens is 1. The molecule has 0 atom stereocenters. The van der Waals surface area contributed by atoms with E-state index in [1.807, 2.05) is 24.5 Å². The third-order valence-electron chi connectivity index (χ3n) is 5.62. The molecule has 11 heteroatoms. The SMILES string of the molecule is CSc1cccc2sc(N(CCN3CCOCC3)C(=O)CCS(=O)(=O)c3ccc(F)cc3)nc12. The van der Waals surface area contributed by atoms with E-state index in [-0.39, 0.29) is 23.0 Å². The van der Waals surface area contributed by atoms with Crippen molar-refractivity contribution in [2.45, 2.75) is 16.2 Å². The lowest BCUT2D eigenvalue weighted by molar-refractivity contribution is -0.118. The number of halogens is 1. The van der Waals surface area contributed by atoms with Crippen molar-refractivity contribution >= 4 is 54.2 Å². The standard InChI is InChI=1S/C23H26FN3O4S3/c1-32-19-3-2-4-20-22(19)25-23(33-20)27(11-10-26-12-14-31-15-13-26)21(28)9-16-34(29,30)18-7-5-17(24)6-8-18/h2-8H,9-16H2,1H3. The molecule has 0 saturated carbocycles. The van der Waals surface area contributed by atoms with E-state index < -0.39 is 15.7 Å². The minimum atomic E-state index is -3.72. The van der Waals surface area contributed by atoms with E-state index in [1.54, 1.807) is 16.7 Å². The number of thioether (sulfide) groups is 1. The van der Waals surface area contributed by atoms with Gasteiger partial charge in [-0.2, -0.15) is 0 Å². The largest absolute Gasteiger partial charge is 0.379 e. The van der Waals surface area contributed by atoms with Crippen LogP contribution in [0.2, 0.25) is 0 Å². The quantitative estimate of drug-likeness (QED) is 0.313. The Morgan fingerprint density at radius 1 is 1.21 bits per heavy atom. The zero-order valence-electron chi connectivity index (χ0n) is 18.8. The monoisotopic (exact) mass is 523 g/mol. The first-order chi connectivity index (χ1) is 16.4. The average molecular weight is 524 g/mol. The number of hydrogen-bond donors (Lipinski definition) is 0. The summed E-state index contributed by atoms with van der Waals surface area (Å²) >= 11 is 3.02. The second kappa shape index (κ2) is 11.1. The fourth-order valence-electron chi connectivity index (χ4n) is 3.70. The summed E-state index contributed by atoms with van der Waals surface area (Å²) in [5.41, 5.74) is 0.845. The van der Waals surface area contributed by atoms with Crippen molar-refractivity contribution in [2.75, 3.05) is 56.3 Å². The van der Waals surface area contributed by atoms with Crippen LogP contribution in [0.3, 0.4) is 0 Å². The van der Waals surface area contributed by atoms with Crippen LogP contribution in [0.15, 0.2) is 52.3 Å². The number of thiazole rings is 1. The molecular weight excluding hydrogens is 497 g/mol. The summed E-state index contributed by atoms with van der Waals surface area (Å²) in [5, 5.41) is 0.564. The zero-order valence-corrected chi connectivity index (χ0v) is 21.2. The number of nitrogens with zero attached hydrogens (tertiary/aromatic N) is 3.